The van der Waals surface area contributed by atoms with Crippen molar-refractivity contribution in [2.24, 2.45) is 5.73 Å². The first kappa shape index (κ1) is 27.7. The smallest absolute Gasteiger partial charge is 0.322 e. The number of nitrogens with one attached hydrogen (secondary N) is 5. The van der Waals surface area contributed by atoms with Gasteiger partial charge in [0.25, 0.3) is 0 Å². The Labute approximate surface area is 217 Å². The third kappa shape index (κ3) is 8.08. The second kappa shape index (κ2) is 13.5. The Balaban J connectivity index is 1.80. The van der Waals surface area contributed by atoms with Gasteiger partial charge in [-0.3, -0.25) is 19.2 Å². The maximum absolute atomic E-state index is 13.4. The monoisotopic (exact) mass is 529 g/mol. The summed E-state index contributed by atoms with van der Waals surface area (Å²) in [5.41, 5.74) is 8.21. The summed E-state index contributed by atoms with van der Waals surface area (Å²) in [5, 5.41) is 17.6. The van der Waals surface area contributed by atoms with Crippen LogP contribution in [-0.2, 0) is 32.0 Å². The van der Waals surface area contributed by atoms with Crippen molar-refractivity contribution in [2.45, 2.75) is 37.4 Å². The normalized spacial score (nSPS) is 13.5. The molecule has 0 saturated heterocycles. The van der Waals surface area contributed by atoms with Crippen LogP contribution < -0.4 is 21.7 Å². The van der Waals surface area contributed by atoms with Crippen LogP contribution in [0.25, 0.3) is 10.9 Å². The highest BCUT2D eigenvalue weighted by atomic mass is 32.2. The lowest BCUT2D eigenvalue weighted by Gasteiger charge is -2.24. The fourth-order valence-corrected chi connectivity index (χ4v) is 4.26. The molecule has 0 fully saturated rings. The zero-order chi connectivity index (χ0) is 26.8. The SMILES string of the molecule is CSCCC(N)C(=O)NC(Cc1cnc[nH]1)C(=O)NC(Cc1c[nH]c2ccccc12)C(=O)NCC(=O)O. The Morgan fingerprint density at radius 2 is 1.78 bits per heavy atom. The summed E-state index contributed by atoms with van der Waals surface area (Å²) in [4.78, 5) is 60.0. The van der Waals surface area contributed by atoms with Gasteiger partial charge < -0.3 is 36.8 Å². The van der Waals surface area contributed by atoms with Crippen molar-refractivity contribution in [3.05, 3.63) is 54.2 Å². The summed E-state index contributed by atoms with van der Waals surface area (Å²) in [5.74, 6) is -2.30. The van der Waals surface area contributed by atoms with E-state index in [0.717, 1.165) is 16.5 Å². The quantitative estimate of drug-likeness (QED) is 0.151. The van der Waals surface area contributed by atoms with E-state index in [4.69, 9.17) is 10.8 Å². The second-order valence-corrected chi connectivity index (χ2v) is 9.45. The van der Waals surface area contributed by atoms with E-state index < -0.39 is 48.4 Å². The van der Waals surface area contributed by atoms with Crippen LogP contribution in [0, 0.1) is 0 Å². The standard InChI is InChI=1S/C24H31N7O5S/c1-37-7-6-17(25)22(34)30-20(9-15-11-26-13-29-15)24(36)31-19(23(35)28-12-21(32)33)8-14-10-27-18-5-3-2-4-16(14)18/h2-5,10-11,13,17,19-20,27H,6-9,12,25H2,1H3,(H,26,29)(H,28,35)(H,30,34)(H,31,36)(H,32,33). The number of thioether (sulfide) groups is 1. The maximum atomic E-state index is 13.4. The molecule has 37 heavy (non-hydrogen) atoms. The number of carboxylic acid groups (broad SMARTS) is 1. The molecule has 2 aromatic heterocycles. The molecule has 0 radical (unpaired) electrons. The predicted molar refractivity (Wildman–Crippen MR) is 140 cm³/mol. The molecule has 3 aromatic rings. The van der Waals surface area contributed by atoms with Crippen molar-refractivity contribution in [2.75, 3.05) is 18.6 Å². The summed E-state index contributed by atoms with van der Waals surface area (Å²) in [6.07, 6.45) is 7.25. The predicted octanol–water partition coefficient (Wildman–Crippen LogP) is -0.0730. The Morgan fingerprint density at radius 1 is 1.05 bits per heavy atom. The summed E-state index contributed by atoms with van der Waals surface area (Å²) in [6.45, 7) is -0.600. The number of aliphatic carboxylic acids is 1. The van der Waals surface area contributed by atoms with E-state index in [1.54, 1.807) is 18.0 Å². The van der Waals surface area contributed by atoms with Crippen molar-refractivity contribution in [1.82, 2.24) is 30.9 Å². The molecule has 3 rings (SSSR count). The molecule has 0 aliphatic carbocycles. The van der Waals surface area contributed by atoms with Gasteiger partial charge in [0, 0.05) is 41.8 Å². The van der Waals surface area contributed by atoms with Crippen molar-refractivity contribution in [1.29, 1.82) is 0 Å². The minimum atomic E-state index is -1.21. The molecule has 0 saturated carbocycles. The number of carbonyl (C=O) groups excluding carboxylic acids is 3. The molecule has 0 aliphatic heterocycles. The van der Waals surface area contributed by atoms with E-state index >= 15 is 0 Å². The second-order valence-electron chi connectivity index (χ2n) is 8.47. The largest absolute Gasteiger partial charge is 0.480 e. The first-order valence-electron chi connectivity index (χ1n) is 11.7. The zero-order valence-corrected chi connectivity index (χ0v) is 21.1. The van der Waals surface area contributed by atoms with Crippen LogP contribution in [-0.4, -0.2) is 80.4 Å². The van der Waals surface area contributed by atoms with Crippen LogP contribution in [0.1, 0.15) is 17.7 Å². The fraction of sp³-hybridized carbons (Fsp3) is 0.375. The lowest BCUT2D eigenvalue weighted by molar-refractivity contribution is -0.138. The van der Waals surface area contributed by atoms with Gasteiger partial charge in [-0.05, 0) is 30.1 Å². The number of carbonyl (C=O) groups is 4. The number of nitrogens with two attached hydrogens (primary N) is 1. The van der Waals surface area contributed by atoms with Gasteiger partial charge >= 0.3 is 5.97 Å². The topological polar surface area (TPSA) is 195 Å². The van der Waals surface area contributed by atoms with E-state index in [1.165, 1.54) is 12.5 Å². The number of aromatic amines is 2. The van der Waals surface area contributed by atoms with E-state index in [2.05, 4.69) is 30.9 Å². The molecule has 8 N–H and O–H groups in total. The summed E-state index contributed by atoms with van der Waals surface area (Å²) >= 11 is 1.56. The highest BCUT2D eigenvalue weighted by molar-refractivity contribution is 7.98. The number of hydrogen-bond acceptors (Lipinski definition) is 7. The van der Waals surface area contributed by atoms with Crippen LogP contribution in [0.2, 0.25) is 0 Å². The van der Waals surface area contributed by atoms with Crippen molar-refractivity contribution < 1.29 is 24.3 Å². The first-order chi connectivity index (χ1) is 17.8. The van der Waals surface area contributed by atoms with Gasteiger partial charge in [0.05, 0.1) is 12.4 Å². The van der Waals surface area contributed by atoms with E-state index in [9.17, 15) is 19.2 Å². The van der Waals surface area contributed by atoms with Crippen LogP contribution in [0.3, 0.4) is 0 Å². The lowest BCUT2D eigenvalue weighted by Crippen LogP contribution is -2.57. The lowest BCUT2D eigenvalue weighted by atomic mass is 10.0. The average Bonchev–Trinajstić information content (AvgIpc) is 3.55. The van der Waals surface area contributed by atoms with Crippen molar-refractivity contribution in [3.8, 4) is 0 Å². The molecule has 0 spiro atoms. The molecule has 2 heterocycles. The molecule has 0 bridgehead atoms. The number of hydrogen-bond donors (Lipinski definition) is 7. The Hall–Kier alpha value is -3.84. The average molecular weight is 530 g/mol. The Bertz CT molecular complexity index is 1210. The minimum Gasteiger partial charge on any atom is -0.480 e. The van der Waals surface area contributed by atoms with Crippen LogP contribution in [0.15, 0.2) is 43.0 Å². The van der Waals surface area contributed by atoms with Crippen LogP contribution in [0.5, 0.6) is 0 Å². The molecule has 0 aliphatic rings. The van der Waals surface area contributed by atoms with Gasteiger partial charge in [0.1, 0.15) is 18.6 Å². The highest BCUT2D eigenvalue weighted by Gasteiger charge is 2.29. The molecular formula is C24H31N7O5S. The van der Waals surface area contributed by atoms with Gasteiger partial charge in [-0.1, -0.05) is 18.2 Å². The molecule has 3 unspecified atom stereocenters. The Kier molecular flexibility index (Phi) is 10.1. The minimum absolute atomic E-state index is 0.0867. The first-order valence-corrected chi connectivity index (χ1v) is 13.0. The third-order valence-corrected chi connectivity index (χ3v) is 6.37. The Morgan fingerprint density at radius 3 is 2.49 bits per heavy atom. The maximum Gasteiger partial charge on any atom is 0.322 e. The number of nitrogens with zero attached hydrogens (tertiary/aromatic N) is 1. The summed E-state index contributed by atoms with van der Waals surface area (Å²) in [6, 6.07) is 4.54. The van der Waals surface area contributed by atoms with Crippen molar-refractivity contribution >= 4 is 46.4 Å². The van der Waals surface area contributed by atoms with Gasteiger partial charge in [-0.25, -0.2) is 4.98 Å². The van der Waals surface area contributed by atoms with Gasteiger partial charge in [-0.2, -0.15) is 11.8 Å². The van der Waals surface area contributed by atoms with Gasteiger partial charge in [0.15, 0.2) is 0 Å². The summed E-state index contributed by atoms with van der Waals surface area (Å²) < 4.78 is 0. The van der Waals surface area contributed by atoms with Crippen molar-refractivity contribution in [3.63, 3.8) is 0 Å². The number of imidazole rings is 1. The number of rotatable bonds is 14. The molecule has 13 heteroatoms. The number of carboxylic acids is 1. The molecule has 198 valence electrons. The van der Waals surface area contributed by atoms with E-state index in [1.807, 2.05) is 30.5 Å². The molecule has 3 atom stereocenters. The van der Waals surface area contributed by atoms with E-state index in [0.29, 0.717) is 17.9 Å². The number of H-pyrrole nitrogens is 2. The van der Waals surface area contributed by atoms with Gasteiger partial charge in [0.2, 0.25) is 17.7 Å². The number of fused-ring (bicyclic) bond motifs is 1. The number of aromatic nitrogens is 3. The molecule has 3 amide bonds. The number of amides is 3. The fourth-order valence-electron chi connectivity index (χ4n) is 3.77. The summed E-state index contributed by atoms with van der Waals surface area (Å²) in [7, 11) is 0. The molecular weight excluding hydrogens is 498 g/mol. The third-order valence-electron chi connectivity index (χ3n) is 5.73. The van der Waals surface area contributed by atoms with Gasteiger partial charge in [-0.15, -0.1) is 0 Å². The zero-order valence-electron chi connectivity index (χ0n) is 20.3. The molecule has 1 aromatic carbocycles. The molecule has 12 nitrogen and oxygen atoms in total. The number of para-hydroxylation sites is 1. The van der Waals surface area contributed by atoms with Crippen LogP contribution >= 0.6 is 11.8 Å². The number of benzene rings is 1. The van der Waals surface area contributed by atoms with E-state index in [-0.39, 0.29) is 12.8 Å². The van der Waals surface area contributed by atoms with Crippen LogP contribution in [0.4, 0.5) is 0 Å². The highest BCUT2D eigenvalue weighted by Crippen LogP contribution is 2.19.